The molecule has 0 atom stereocenters. The molecule has 2 aromatic carbocycles. The van der Waals surface area contributed by atoms with Gasteiger partial charge in [-0.3, -0.25) is 4.79 Å². The van der Waals surface area contributed by atoms with Crippen LogP contribution in [0.25, 0.3) is 0 Å². The molecular weight excluding hydrogens is 425 g/mol. The third-order valence-electron chi connectivity index (χ3n) is 4.98. The van der Waals surface area contributed by atoms with E-state index in [4.69, 9.17) is 33.0 Å². The highest BCUT2D eigenvalue weighted by atomic mass is 35.5. The molecule has 7 heteroatoms. The zero-order chi connectivity index (χ0) is 21.8. The number of pyridine rings is 1. The molecule has 156 valence electrons. The van der Waals surface area contributed by atoms with Crippen LogP contribution in [0.1, 0.15) is 32.7 Å². The van der Waals surface area contributed by atoms with Crippen molar-refractivity contribution in [3.8, 4) is 5.75 Å². The lowest BCUT2D eigenvalue weighted by Crippen LogP contribution is -2.26. The highest BCUT2D eigenvalue weighted by molar-refractivity contribution is 6.34. The van der Waals surface area contributed by atoms with Crippen molar-refractivity contribution in [1.82, 2.24) is 4.57 Å². The lowest BCUT2D eigenvalue weighted by molar-refractivity contribution is 0.0697. The van der Waals surface area contributed by atoms with Crippen molar-refractivity contribution in [1.29, 1.82) is 0 Å². The van der Waals surface area contributed by atoms with Crippen molar-refractivity contribution in [2.45, 2.75) is 33.4 Å². The van der Waals surface area contributed by atoms with E-state index in [9.17, 15) is 9.59 Å². The molecule has 1 heterocycles. The Labute approximate surface area is 184 Å². The van der Waals surface area contributed by atoms with Crippen molar-refractivity contribution < 1.29 is 14.6 Å². The van der Waals surface area contributed by atoms with E-state index in [2.05, 4.69) is 0 Å². The fourth-order valence-electron chi connectivity index (χ4n) is 3.03. The summed E-state index contributed by atoms with van der Waals surface area (Å²) in [6.45, 7) is 4.47. The third kappa shape index (κ3) is 5.04. The number of aromatic nitrogens is 1. The van der Waals surface area contributed by atoms with Crippen LogP contribution in [-0.4, -0.2) is 15.6 Å². The van der Waals surface area contributed by atoms with Crippen molar-refractivity contribution in [2.75, 3.05) is 0 Å². The summed E-state index contributed by atoms with van der Waals surface area (Å²) in [7, 11) is 0. The number of hydrogen-bond donors (Lipinski definition) is 1. The van der Waals surface area contributed by atoms with Crippen LogP contribution in [0.3, 0.4) is 0 Å². The molecule has 1 aromatic heterocycles. The fraction of sp³-hybridized carbons (Fsp3) is 0.217. The second-order valence-electron chi connectivity index (χ2n) is 7.03. The molecule has 0 saturated carbocycles. The Morgan fingerprint density at radius 1 is 1.00 bits per heavy atom. The monoisotopic (exact) mass is 445 g/mol. The largest absolute Gasteiger partial charge is 0.487 e. The molecule has 0 saturated heterocycles. The first-order chi connectivity index (χ1) is 14.3. The fourth-order valence-corrected chi connectivity index (χ4v) is 3.56. The van der Waals surface area contributed by atoms with Crippen LogP contribution in [0.15, 0.2) is 53.3 Å². The standard InChI is InChI=1S/C23H21Cl2NO4/c1-14-3-8-18(11-15(14)2)30-13-21-19(24)12-20(25)22(27)26(21)10-9-16-4-6-17(7-5-16)23(28)29/h3-8,11-12H,9-10,13H2,1-2H3,(H,28,29). The van der Waals surface area contributed by atoms with E-state index in [1.165, 1.54) is 22.8 Å². The van der Waals surface area contributed by atoms with Crippen molar-refractivity contribution >= 4 is 29.2 Å². The van der Waals surface area contributed by atoms with Crippen LogP contribution in [0.5, 0.6) is 5.75 Å². The van der Waals surface area contributed by atoms with Gasteiger partial charge >= 0.3 is 5.97 Å². The van der Waals surface area contributed by atoms with Gasteiger partial charge in [0.1, 0.15) is 17.4 Å². The lowest BCUT2D eigenvalue weighted by Gasteiger charge is -2.16. The summed E-state index contributed by atoms with van der Waals surface area (Å²) in [5, 5.41) is 9.40. The van der Waals surface area contributed by atoms with E-state index in [0.717, 1.165) is 16.7 Å². The minimum atomic E-state index is -0.981. The molecular formula is C23H21Cl2NO4. The molecule has 5 nitrogen and oxygen atoms in total. The Balaban J connectivity index is 1.83. The maximum Gasteiger partial charge on any atom is 0.335 e. The second kappa shape index (κ2) is 9.37. The number of nitrogens with zero attached hydrogens (tertiary/aromatic N) is 1. The van der Waals surface area contributed by atoms with Gasteiger partial charge < -0.3 is 14.4 Å². The molecule has 0 bridgehead atoms. The molecule has 3 aromatic rings. The number of hydrogen-bond acceptors (Lipinski definition) is 3. The van der Waals surface area contributed by atoms with Gasteiger partial charge in [0.05, 0.1) is 16.3 Å². The molecule has 0 radical (unpaired) electrons. The van der Waals surface area contributed by atoms with Gasteiger partial charge in [-0.2, -0.15) is 0 Å². The quantitative estimate of drug-likeness (QED) is 0.536. The Hall–Kier alpha value is -2.76. The summed E-state index contributed by atoms with van der Waals surface area (Å²) in [6.07, 6.45) is 0.507. The molecule has 30 heavy (non-hydrogen) atoms. The molecule has 0 fully saturated rings. The summed E-state index contributed by atoms with van der Waals surface area (Å²) in [4.78, 5) is 23.7. The summed E-state index contributed by atoms with van der Waals surface area (Å²) in [6, 6.07) is 13.7. The topological polar surface area (TPSA) is 68.5 Å². The summed E-state index contributed by atoms with van der Waals surface area (Å²) in [5.74, 6) is -0.294. The predicted octanol–water partition coefficient (Wildman–Crippen LogP) is 5.29. The zero-order valence-electron chi connectivity index (χ0n) is 16.6. The molecule has 3 rings (SSSR count). The van der Waals surface area contributed by atoms with Crippen LogP contribution in [0.4, 0.5) is 0 Å². The van der Waals surface area contributed by atoms with E-state index in [0.29, 0.717) is 29.4 Å². The average molecular weight is 446 g/mol. The van der Waals surface area contributed by atoms with E-state index in [-0.39, 0.29) is 22.8 Å². The van der Waals surface area contributed by atoms with Crippen LogP contribution in [0, 0.1) is 13.8 Å². The first-order valence-electron chi connectivity index (χ1n) is 9.36. The SMILES string of the molecule is Cc1ccc(OCc2c(Cl)cc(Cl)c(=O)n2CCc2ccc(C(=O)O)cc2)cc1C. The van der Waals surface area contributed by atoms with E-state index in [1.807, 2.05) is 32.0 Å². The number of ether oxygens (including phenoxy) is 1. The Morgan fingerprint density at radius 2 is 1.70 bits per heavy atom. The molecule has 0 aliphatic heterocycles. The second-order valence-corrected chi connectivity index (χ2v) is 7.84. The van der Waals surface area contributed by atoms with Gasteiger partial charge in [-0.05, 0) is 67.3 Å². The van der Waals surface area contributed by atoms with E-state index < -0.39 is 5.97 Å². The van der Waals surface area contributed by atoms with Crippen molar-refractivity contribution in [3.05, 3.63) is 96.9 Å². The van der Waals surface area contributed by atoms with Crippen molar-refractivity contribution in [3.63, 3.8) is 0 Å². The lowest BCUT2D eigenvalue weighted by atomic mass is 10.1. The van der Waals surface area contributed by atoms with Crippen LogP contribution >= 0.6 is 23.2 Å². The first-order valence-corrected chi connectivity index (χ1v) is 10.1. The molecule has 0 aliphatic rings. The highest BCUT2D eigenvalue weighted by Crippen LogP contribution is 2.22. The van der Waals surface area contributed by atoms with Gasteiger partial charge in [0.25, 0.3) is 5.56 Å². The number of carboxylic acids is 1. The van der Waals surface area contributed by atoms with Crippen LogP contribution < -0.4 is 10.3 Å². The predicted molar refractivity (Wildman–Crippen MR) is 118 cm³/mol. The average Bonchev–Trinajstić information content (AvgIpc) is 2.71. The van der Waals surface area contributed by atoms with Crippen molar-refractivity contribution in [2.24, 2.45) is 0 Å². The van der Waals surface area contributed by atoms with Crippen LogP contribution in [0.2, 0.25) is 10.0 Å². The van der Waals surface area contributed by atoms with Gasteiger partial charge in [0, 0.05) is 6.54 Å². The number of aryl methyl sites for hydroxylation is 3. The van der Waals surface area contributed by atoms with Gasteiger partial charge in [0.15, 0.2) is 0 Å². The van der Waals surface area contributed by atoms with Gasteiger partial charge in [-0.15, -0.1) is 0 Å². The number of rotatable bonds is 7. The molecule has 1 N–H and O–H groups in total. The number of halogens is 2. The maximum atomic E-state index is 12.7. The molecule has 0 unspecified atom stereocenters. The van der Waals surface area contributed by atoms with Crippen LogP contribution in [-0.2, 0) is 19.6 Å². The smallest absolute Gasteiger partial charge is 0.335 e. The van der Waals surface area contributed by atoms with Gasteiger partial charge in [-0.1, -0.05) is 41.4 Å². The zero-order valence-corrected chi connectivity index (χ0v) is 18.1. The van der Waals surface area contributed by atoms with E-state index in [1.54, 1.807) is 12.1 Å². The first kappa shape index (κ1) is 21.9. The summed E-state index contributed by atoms with van der Waals surface area (Å²) < 4.78 is 7.40. The Morgan fingerprint density at radius 3 is 2.33 bits per heavy atom. The summed E-state index contributed by atoms with van der Waals surface area (Å²) >= 11 is 12.4. The number of benzene rings is 2. The normalized spacial score (nSPS) is 10.8. The minimum Gasteiger partial charge on any atom is -0.487 e. The molecule has 0 amide bonds. The number of carbonyl (C=O) groups is 1. The van der Waals surface area contributed by atoms with Gasteiger partial charge in [0.2, 0.25) is 0 Å². The summed E-state index contributed by atoms with van der Waals surface area (Å²) in [5.41, 5.74) is 3.57. The molecule has 0 spiro atoms. The van der Waals surface area contributed by atoms with Gasteiger partial charge in [-0.25, -0.2) is 4.79 Å². The maximum absolute atomic E-state index is 12.7. The number of aromatic carboxylic acids is 1. The number of carboxylic acid groups (broad SMARTS) is 1. The highest BCUT2D eigenvalue weighted by Gasteiger charge is 2.14. The molecule has 0 aliphatic carbocycles. The Kier molecular flexibility index (Phi) is 6.85. The van der Waals surface area contributed by atoms with E-state index >= 15 is 0 Å². The minimum absolute atomic E-state index is 0.0381. The third-order valence-corrected chi connectivity index (χ3v) is 5.58. The Bertz CT molecular complexity index is 1140.